The highest BCUT2D eigenvalue weighted by molar-refractivity contribution is 5.79. The van der Waals surface area contributed by atoms with Crippen molar-refractivity contribution in [1.29, 1.82) is 0 Å². The molecule has 3 rings (SSSR count). The number of hydrogen-bond acceptors (Lipinski definition) is 29. The van der Waals surface area contributed by atoms with Crippen LogP contribution < -0.4 is 58.5 Å². The van der Waals surface area contributed by atoms with Gasteiger partial charge in [0, 0.05) is 144 Å². The van der Waals surface area contributed by atoms with Crippen LogP contribution in [-0.4, -0.2) is 334 Å². The zero-order valence-corrected chi connectivity index (χ0v) is 72.1. The Kier molecular flexibility index (Phi) is 56.9. The Morgan fingerprint density at radius 2 is 0.562 bits per heavy atom. The van der Waals surface area contributed by atoms with E-state index in [4.69, 9.17) is 42.6 Å². The third-order valence-corrected chi connectivity index (χ3v) is 20.3. The number of ether oxygens (including phenoxy) is 9. The highest BCUT2D eigenvalue weighted by Gasteiger charge is 2.48. The van der Waals surface area contributed by atoms with Gasteiger partial charge in [0.05, 0.1) is 58.4 Å². The largest absolute Gasteiger partial charge is 0.394 e. The van der Waals surface area contributed by atoms with Crippen molar-refractivity contribution in [1.82, 2.24) is 58.5 Å². The van der Waals surface area contributed by atoms with Crippen LogP contribution in [0.4, 0.5) is 0 Å². The van der Waals surface area contributed by atoms with Crippen LogP contribution >= 0.6 is 0 Å². The molecule has 15 atom stereocenters. The van der Waals surface area contributed by atoms with Gasteiger partial charge in [0.15, 0.2) is 18.9 Å². The second-order valence-electron chi connectivity index (χ2n) is 32.3. The summed E-state index contributed by atoms with van der Waals surface area (Å²) in [5.41, 5.74) is -1.05. The van der Waals surface area contributed by atoms with E-state index in [1.807, 2.05) is 0 Å². The summed E-state index contributed by atoms with van der Waals surface area (Å²) in [6.07, 6.45) is -2.01. The van der Waals surface area contributed by atoms with Crippen LogP contribution in [0.3, 0.4) is 0 Å². The molecule has 40 heteroatoms. The second kappa shape index (κ2) is 63.4. The van der Waals surface area contributed by atoms with E-state index in [0.717, 1.165) is 57.8 Å². The molecule has 3 heterocycles. The van der Waals surface area contributed by atoms with Crippen LogP contribution in [-0.2, 0) is 95.4 Å². The number of unbranched alkanes of at least 4 members (excludes halogenated alkanes) is 10. The molecule has 0 aromatic rings. The van der Waals surface area contributed by atoms with Gasteiger partial charge in [-0.15, -0.1) is 0 Å². The summed E-state index contributed by atoms with van der Waals surface area (Å²) >= 11 is 0. The van der Waals surface area contributed by atoms with Crippen LogP contribution in [0, 0.1) is 5.41 Å². The maximum atomic E-state index is 14.0. The number of amides is 11. The lowest BCUT2D eigenvalue weighted by molar-refractivity contribution is -0.270. The monoisotopic (exact) mass is 1740 g/mol. The Bertz CT molecular complexity index is 2860. The van der Waals surface area contributed by atoms with Gasteiger partial charge in [-0.3, -0.25) is 52.7 Å². The first-order chi connectivity index (χ1) is 57.8. The lowest BCUT2D eigenvalue weighted by Crippen LogP contribution is -2.64. The zero-order valence-electron chi connectivity index (χ0n) is 72.1. The van der Waals surface area contributed by atoms with Gasteiger partial charge in [0.2, 0.25) is 65.0 Å². The van der Waals surface area contributed by atoms with Gasteiger partial charge in [0.25, 0.3) is 0 Å². The average molecular weight is 1740 g/mol. The van der Waals surface area contributed by atoms with Crippen LogP contribution in [0.5, 0.6) is 0 Å². The van der Waals surface area contributed by atoms with E-state index >= 15 is 0 Å². The van der Waals surface area contributed by atoms with Gasteiger partial charge in [0.1, 0.15) is 73.1 Å². The molecule has 0 spiro atoms. The van der Waals surface area contributed by atoms with Crippen molar-refractivity contribution < 1.29 is 141 Å². The average Bonchev–Trinajstić information content (AvgIpc) is 0.816. The number of carbonyl (C=O) groups excluding carboxylic acids is 11. The van der Waals surface area contributed by atoms with Crippen molar-refractivity contribution in [3.63, 3.8) is 0 Å². The van der Waals surface area contributed by atoms with Gasteiger partial charge < -0.3 is 147 Å². The van der Waals surface area contributed by atoms with Crippen molar-refractivity contribution in [3.8, 4) is 0 Å². The fourth-order valence-electron chi connectivity index (χ4n) is 13.4. The normalized spacial score (nSPS) is 23.3. The third-order valence-electron chi connectivity index (χ3n) is 20.3. The third kappa shape index (κ3) is 48.5. The molecule has 121 heavy (non-hydrogen) atoms. The van der Waals surface area contributed by atoms with Crippen molar-refractivity contribution >= 4 is 65.0 Å². The smallest absolute Gasteiger partial charge is 0.222 e. The maximum Gasteiger partial charge on any atom is 0.222 e. The first-order valence-corrected chi connectivity index (χ1v) is 43.3. The van der Waals surface area contributed by atoms with Crippen molar-refractivity contribution in [2.75, 3.05) is 125 Å². The number of rotatable bonds is 67. The molecule has 20 N–H and O–H groups in total. The topological polar surface area (TPSA) is 585 Å². The minimum Gasteiger partial charge on any atom is -0.394 e. The lowest BCUT2D eigenvalue weighted by Gasteiger charge is -2.42. The summed E-state index contributed by atoms with van der Waals surface area (Å²) in [7, 11) is 0. The fourth-order valence-corrected chi connectivity index (χ4v) is 13.4. The Morgan fingerprint density at radius 1 is 0.298 bits per heavy atom. The molecule has 0 aliphatic carbocycles. The summed E-state index contributed by atoms with van der Waals surface area (Å²) in [6.45, 7) is 10.4. The molecule has 0 aromatic heterocycles. The molecule has 11 amide bonds. The first kappa shape index (κ1) is 109. The molecule has 40 nitrogen and oxygen atoms in total. The summed E-state index contributed by atoms with van der Waals surface area (Å²) in [6, 6.07) is -3.27. The lowest BCUT2D eigenvalue weighted by atomic mass is 9.91. The number of aliphatic hydroxyl groups excluding tert-OH is 9. The summed E-state index contributed by atoms with van der Waals surface area (Å²) in [5, 5.41) is 122. The molecule has 3 saturated heterocycles. The minimum atomic E-state index is -1.46. The molecule has 0 aromatic carbocycles. The molecule has 15 unspecified atom stereocenters. The van der Waals surface area contributed by atoms with Gasteiger partial charge in [-0.25, -0.2) is 0 Å². The summed E-state index contributed by atoms with van der Waals surface area (Å²) in [4.78, 5) is 139. The molecule has 3 aliphatic heterocycles. The van der Waals surface area contributed by atoms with Crippen LogP contribution in [0.15, 0.2) is 0 Å². The molecule has 0 radical (unpaired) electrons. The van der Waals surface area contributed by atoms with E-state index in [1.54, 1.807) is 0 Å². The number of hydrogen-bond donors (Lipinski definition) is 20. The van der Waals surface area contributed by atoms with E-state index in [-0.39, 0.29) is 203 Å². The molecule has 700 valence electrons. The molecular formula is C81H147N11O29. The minimum absolute atomic E-state index is 0.00482. The van der Waals surface area contributed by atoms with Crippen molar-refractivity contribution in [2.24, 2.45) is 5.41 Å². The van der Waals surface area contributed by atoms with Crippen molar-refractivity contribution in [3.05, 3.63) is 0 Å². The first-order valence-electron chi connectivity index (χ1n) is 43.3. The molecule has 0 bridgehead atoms. The van der Waals surface area contributed by atoms with E-state index in [0.29, 0.717) is 77.2 Å². The predicted molar refractivity (Wildman–Crippen MR) is 437 cm³/mol. The standard InChI is InChI=1S/C81H147N11O29/c1-54(96)89-68-74(110)71(107)57(49-93)119-77(68)116-42-18-15-26-61(100)83-36-22-39-86-64(103)30-45-113-48-34-81(92-67(106)29-14-12-10-8-7-9-11-13-25-60(99)82-35-21-33-80(4,5)6,52-114-46-31-65(104)87-40-23-37-84-62(101)27-16-19-43-117-78-69(90-55(2)97)75(111)72(108)58(50-94)120-78)53-115-47-32-66(105)88-41-24-38-85-63(102)28-17-20-44-118-79-70(91-56(3)98)76(112)73(109)59(51-95)121-79/h57-59,68-79,93-95,107-112H,7-53H2,1-6H3,(H,82,99)(H,83,100)(H,84,101)(H,85,102)(H,86,103)(H,87,104)(H,88,105)(H,89,96)(H,90,97)(H,91,98)(H,92,106). The van der Waals surface area contributed by atoms with Crippen LogP contribution in [0.1, 0.15) is 221 Å². The molecular weight excluding hydrogens is 1590 g/mol. The Hall–Kier alpha value is -6.55. The number of nitrogens with one attached hydrogen (secondary N) is 11. The Balaban J connectivity index is 1.58. The highest BCUT2D eigenvalue weighted by atomic mass is 16.7. The summed E-state index contributed by atoms with van der Waals surface area (Å²) < 4.78 is 52.2. The van der Waals surface area contributed by atoms with Crippen molar-refractivity contribution in [2.45, 2.75) is 319 Å². The fraction of sp³-hybridized carbons (Fsp3) is 0.864. The van der Waals surface area contributed by atoms with E-state index in [1.165, 1.54) is 20.8 Å². The van der Waals surface area contributed by atoms with Crippen LogP contribution in [0.25, 0.3) is 0 Å². The Morgan fingerprint density at radius 3 is 0.851 bits per heavy atom. The second-order valence-corrected chi connectivity index (χ2v) is 32.3. The molecule has 3 aliphatic rings. The predicted octanol–water partition coefficient (Wildman–Crippen LogP) is -2.45. The van der Waals surface area contributed by atoms with Gasteiger partial charge >= 0.3 is 0 Å². The SMILES string of the molecule is CC(=O)NC1C(OCCCCC(=O)NCCCNC(=O)CCOCCC(COCCC(=O)NCCCNC(=O)CCCCOC2OC(CO)C(O)C(O)C2NC(C)=O)(COCCC(=O)NCCCNC(=O)CCCCOC2OC(CO)C(O)C(O)C2NC(C)=O)NC(=O)CCCCCCCCCCC(=O)NCCCC(C)(C)C)OC(CO)C(O)C1O. The number of aliphatic hydroxyl groups is 9. The van der Waals surface area contributed by atoms with Gasteiger partial charge in [-0.1, -0.05) is 59.3 Å². The van der Waals surface area contributed by atoms with Gasteiger partial charge in [-0.2, -0.15) is 0 Å². The quantitative estimate of drug-likeness (QED) is 0.0281. The number of carbonyl (C=O) groups is 11. The molecule has 0 saturated carbocycles. The van der Waals surface area contributed by atoms with E-state index < -0.39 is 135 Å². The maximum absolute atomic E-state index is 14.0. The summed E-state index contributed by atoms with van der Waals surface area (Å²) in [5.74, 6) is -3.43. The Labute approximate surface area is 711 Å². The van der Waals surface area contributed by atoms with E-state index in [2.05, 4.69) is 79.3 Å². The van der Waals surface area contributed by atoms with Gasteiger partial charge in [-0.05, 0) is 95.3 Å². The zero-order chi connectivity index (χ0) is 89.4. The van der Waals surface area contributed by atoms with Crippen LogP contribution in [0.2, 0.25) is 0 Å². The molecule has 3 fully saturated rings. The highest BCUT2D eigenvalue weighted by Crippen LogP contribution is 2.27. The van der Waals surface area contributed by atoms with E-state index in [9.17, 15) is 98.7 Å².